The molecule has 0 saturated heterocycles. The van der Waals surface area contributed by atoms with Crippen LogP contribution in [0.3, 0.4) is 0 Å². The first-order valence-electron chi connectivity index (χ1n) is 7.11. The van der Waals surface area contributed by atoms with Crippen LogP contribution in [0.4, 0.5) is 10.5 Å². The van der Waals surface area contributed by atoms with E-state index in [0.29, 0.717) is 18.8 Å². The van der Waals surface area contributed by atoms with Crippen LogP contribution in [-0.4, -0.2) is 37.8 Å². The number of rotatable bonds is 2. The summed E-state index contributed by atoms with van der Waals surface area (Å²) in [7, 11) is -3.31. The number of hydrogen-bond acceptors (Lipinski definition) is 4. The fraction of sp³-hybridized carbons (Fsp3) is 0.533. The molecular formula is C15H22N2O4S. The maximum Gasteiger partial charge on any atom is 0.410 e. The van der Waals surface area contributed by atoms with Gasteiger partial charge in [0.05, 0.1) is 6.26 Å². The number of nitrogens with zero attached hydrogens (tertiary/aromatic N) is 1. The molecule has 7 heteroatoms. The highest BCUT2D eigenvalue weighted by Crippen LogP contribution is 2.24. The van der Waals surface area contributed by atoms with E-state index in [2.05, 4.69) is 4.72 Å². The minimum Gasteiger partial charge on any atom is -0.444 e. The van der Waals surface area contributed by atoms with Gasteiger partial charge in [0.25, 0.3) is 0 Å². The van der Waals surface area contributed by atoms with Gasteiger partial charge >= 0.3 is 6.09 Å². The van der Waals surface area contributed by atoms with Crippen molar-refractivity contribution in [3.05, 3.63) is 29.3 Å². The van der Waals surface area contributed by atoms with Crippen molar-refractivity contribution >= 4 is 21.8 Å². The van der Waals surface area contributed by atoms with E-state index in [1.807, 2.05) is 26.8 Å². The predicted molar refractivity (Wildman–Crippen MR) is 85.3 cm³/mol. The summed E-state index contributed by atoms with van der Waals surface area (Å²) in [6.45, 7) is 6.51. The van der Waals surface area contributed by atoms with Gasteiger partial charge in [0.1, 0.15) is 5.60 Å². The van der Waals surface area contributed by atoms with Gasteiger partial charge in [0, 0.05) is 18.8 Å². The van der Waals surface area contributed by atoms with Crippen LogP contribution in [0.2, 0.25) is 0 Å². The van der Waals surface area contributed by atoms with Crippen molar-refractivity contribution in [3.8, 4) is 0 Å². The molecule has 0 unspecified atom stereocenters. The Balaban J connectivity index is 2.15. The number of nitrogens with one attached hydrogen (secondary N) is 1. The smallest absolute Gasteiger partial charge is 0.410 e. The van der Waals surface area contributed by atoms with Crippen molar-refractivity contribution in [1.82, 2.24) is 4.90 Å². The average molecular weight is 326 g/mol. The van der Waals surface area contributed by atoms with Crippen LogP contribution in [-0.2, 0) is 27.7 Å². The molecule has 1 aliphatic rings. The molecule has 2 rings (SSSR count). The predicted octanol–water partition coefficient (Wildman–Crippen LogP) is 2.35. The summed E-state index contributed by atoms with van der Waals surface area (Å²) in [5.41, 5.74) is 2.04. The molecule has 0 aliphatic carbocycles. The molecular weight excluding hydrogens is 304 g/mol. The molecule has 1 aromatic rings. The highest BCUT2D eigenvalue weighted by atomic mass is 32.2. The molecule has 0 bridgehead atoms. The van der Waals surface area contributed by atoms with Crippen LogP contribution in [0.1, 0.15) is 31.9 Å². The molecule has 6 nitrogen and oxygen atoms in total. The van der Waals surface area contributed by atoms with Crippen LogP contribution >= 0.6 is 0 Å². The zero-order chi connectivity index (χ0) is 16.5. The minimum atomic E-state index is -3.31. The Morgan fingerprint density at radius 2 is 1.95 bits per heavy atom. The summed E-state index contributed by atoms with van der Waals surface area (Å²) in [5, 5.41) is 0. The van der Waals surface area contributed by atoms with Crippen LogP contribution in [0, 0.1) is 0 Å². The van der Waals surface area contributed by atoms with E-state index in [1.54, 1.807) is 17.0 Å². The lowest BCUT2D eigenvalue weighted by atomic mass is 9.99. The van der Waals surface area contributed by atoms with Crippen LogP contribution in [0.25, 0.3) is 0 Å². The van der Waals surface area contributed by atoms with Crippen LogP contribution in [0.15, 0.2) is 18.2 Å². The molecule has 122 valence electrons. The summed E-state index contributed by atoms with van der Waals surface area (Å²) in [6, 6.07) is 5.41. The van der Waals surface area contributed by atoms with Gasteiger partial charge in [-0.3, -0.25) is 4.72 Å². The van der Waals surface area contributed by atoms with E-state index < -0.39 is 15.6 Å². The SMILES string of the molecule is CC(C)(C)OC(=O)N1CCc2ccc(NS(C)(=O)=O)cc2C1. The summed E-state index contributed by atoms with van der Waals surface area (Å²) in [5.74, 6) is 0. The van der Waals surface area contributed by atoms with Crippen LogP contribution < -0.4 is 4.72 Å². The first kappa shape index (κ1) is 16.6. The number of anilines is 1. The van der Waals surface area contributed by atoms with Gasteiger partial charge in [0.2, 0.25) is 10.0 Å². The Kier molecular flexibility index (Phi) is 4.37. The quantitative estimate of drug-likeness (QED) is 0.905. The molecule has 0 saturated carbocycles. The Morgan fingerprint density at radius 3 is 2.55 bits per heavy atom. The van der Waals surface area contributed by atoms with Gasteiger partial charge in [-0.25, -0.2) is 13.2 Å². The molecule has 0 aromatic heterocycles. The van der Waals surface area contributed by atoms with Crippen molar-refractivity contribution < 1.29 is 17.9 Å². The van der Waals surface area contributed by atoms with Crippen molar-refractivity contribution in [3.63, 3.8) is 0 Å². The van der Waals surface area contributed by atoms with Crippen LogP contribution in [0.5, 0.6) is 0 Å². The largest absolute Gasteiger partial charge is 0.444 e. The lowest BCUT2D eigenvalue weighted by molar-refractivity contribution is 0.0224. The van der Waals surface area contributed by atoms with Crippen molar-refractivity contribution in [1.29, 1.82) is 0 Å². The first-order chi connectivity index (χ1) is 10.0. The highest BCUT2D eigenvalue weighted by molar-refractivity contribution is 7.92. The third kappa shape index (κ3) is 4.62. The zero-order valence-electron chi connectivity index (χ0n) is 13.3. The number of carbonyl (C=O) groups is 1. The molecule has 0 spiro atoms. The number of sulfonamides is 1. The molecule has 1 N–H and O–H groups in total. The van der Waals surface area contributed by atoms with E-state index in [4.69, 9.17) is 4.74 Å². The van der Waals surface area contributed by atoms with Gasteiger partial charge < -0.3 is 9.64 Å². The van der Waals surface area contributed by atoms with Crippen molar-refractivity contribution in [2.75, 3.05) is 17.5 Å². The highest BCUT2D eigenvalue weighted by Gasteiger charge is 2.25. The molecule has 1 aliphatic heterocycles. The zero-order valence-corrected chi connectivity index (χ0v) is 14.2. The fourth-order valence-corrected chi connectivity index (χ4v) is 2.87. The van der Waals surface area contributed by atoms with Crippen molar-refractivity contribution in [2.45, 2.75) is 39.3 Å². The maximum atomic E-state index is 12.1. The third-order valence-corrected chi connectivity index (χ3v) is 3.78. The first-order valence-corrected chi connectivity index (χ1v) is 9.00. The Morgan fingerprint density at radius 1 is 1.27 bits per heavy atom. The maximum absolute atomic E-state index is 12.1. The summed E-state index contributed by atoms with van der Waals surface area (Å²) in [6.07, 6.45) is 1.49. The van der Waals surface area contributed by atoms with E-state index in [0.717, 1.165) is 23.8 Å². The normalized spacial score (nSPS) is 15.2. The number of carbonyl (C=O) groups excluding carboxylic acids is 1. The number of benzene rings is 1. The molecule has 1 heterocycles. The van der Waals surface area contributed by atoms with E-state index in [1.165, 1.54) is 0 Å². The van der Waals surface area contributed by atoms with E-state index in [-0.39, 0.29) is 6.09 Å². The van der Waals surface area contributed by atoms with Gasteiger partial charge in [0.15, 0.2) is 0 Å². The average Bonchev–Trinajstić information content (AvgIpc) is 2.33. The molecule has 0 fully saturated rings. The second kappa shape index (κ2) is 5.79. The third-order valence-electron chi connectivity index (χ3n) is 3.17. The molecule has 1 aromatic carbocycles. The Hall–Kier alpha value is -1.76. The number of amides is 1. The summed E-state index contributed by atoms with van der Waals surface area (Å²) >= 11 is 0. The second-order valence-corrected chi connectivity index (χ2v) is 8.26. The lowest BCUT2D eigenvalue weighted by Crippen LogP contribution is -2.39. The topological polar surface area (TPSA) is 75.7 Å². The van der Waals surface area contributed by atoms with Crippen molar-refractivity contribution in [2.24, 2.45) is 0 Å². The standard InChI is InChI=1S/C15H22N2O4S/c1-15(2,3)21-14(18)17-8-7-11-5-6-13(9-12(11)10-17)16-22(4,19)20/h5-6,9,16H,7-8,10H2,1-4H3. The van der Waals surface area contributed by atoms with E-state index >= 15 is 0 Å². The molecule has 0 radical (unpaired) electrons. The fourth-order valence-electron chi connectivity index (χ4n) is 2.32. The molecule has 0 atom stereocenters. The van der Waals surface area contributed by atoms with Gasteiger partial charge in [-0.15, -0.1) is 0 Å². The number of fused-ring (bicyclic) bond motifs is 1. The minimum absolute atomic E-state index is 0.348. The monoisotopic (exact) mass is 326 g/mol. The molecule has 1 amide bonds. The van der Waals surface area contributed by atoms with Gasteiger partial charge in [-0.2, -0.15) is 0 Å². The summed E-state index contributed by atoms with van der Waals surface area (Å²) in [4.78, 5) is 13.8. The van der Waals surface area contributed by atoms with E-state index in [9.17, 15) is 13.2 Å². The number of ether oxygens (including phenoxy) is 1. The molecule has 22 heavy (non-hydrogen) atoms. The second-order valence-electron chi connectivity index (χ2n) is 6.51. The Labute approximate surface area is 131 Å². The lowest BCUT2D eigenvalue weighted by Gasteiger charge is -2.31. The van der Waals surface area contributed by atoms with Gasteiger partial charge in [-0.1, -0.05) is 6.07 Å². The number of hydrogen-bond donors (Lipinski definition) is 1. The summed E-state index contributed by atoms with van der Waals surface area (Å²) < 4.78 is 30.4. The Bertz CT molecular complexity index is 677. The van der Waals surface area contributed by atoms with Gasteiger partial charge in [-0.05, 0) is 50.5 Å².